The normalized spacial score (nSPS) is 13.6. The van der Waals surface area contributed by atoms with E-state index in [4.69, 9.17) is 37.4 Å². The highest BCUT2D eigenvalue weighted by Crippen LogP contribution is 2.27. The smallest absolute Gasteiger partial charge is 0.420 e. The molecule has 0 bridgehead atoms. The fourth-order valence-corrected chi connectivity index (χ4v) is 2.97. The molecule has 0 aliphatic heterocycles. The molecule has 0 saturated heterocycles. The summed E-state index contributed by atoms with van der Waals surface area (Å²) in [5, 5.41) is 10.5. The number of halogens is 2. The maximum atomic E-state index is 12.8. The molecule has 2 amide bonds. The molecule has 0 saturated carbocycles. The van der Waals surface area contributed by atoms with E-state index in [1.54, 1.807) is 59.7 Å². The molecule has 1 N–H and O–H groups in total. The summed E-state index contributed by atoms with van der Waals surface area (Å²) < 4.78 is 16.2. The Kier molecular flexibility index (Phi) is 9.56. The molecule has 1 rings (SSSR count). The average Bonchev–Trinajstić information content (AvgIpc) is 2.59. The highest BCUT2D eigenvalue weighted by Gasteiger charge is 2.44. The van der Waals surface area contributed by atoms with Crippen LogP contribution < -0.4 is 0 Å². The van der Waals surface area contributed by atoms with Crippen molar-refractivity contribution >= 4 is 41.4 Å². The van der Waals surface area contributed by atoms with Gasteiger partial charge in [-0.2, -0.15) is 4.90 Å². The van der Waals surface area contributed by atoms with Gasteiger partial charge in [-0.05, 0) is 53.7 Å². The zero-order valence-corrected chi connectivity index (χ0v) is 20.5. The Balaban J connectivity index is 3.34. The van der Waals surface area contributed by atoms with Crippen LogP contribution in [0.2, 0.25) is 10.0 Å². The molecule has 0 heterocycles. The minimum absolute atomic E-state index is 0.199. The summed E-state index contributed by atoms with van der Waals surface area (Å²) in [5.41, 5.74) is -1.60. The lowest BCUT2D eigenvalue weighted by atomic mass is 10.1. The third-order valence-corrected chi connectivity index (χ3v) is 4.45. The first kappa shape index (κ1) is 27.7. The second-order valence-electron chi connectivity index (χ2n) is 8.83. The van der Waals surface area contributed by atoms with E-state index in [-0.39, 0.29) is 6.61 Å². The first-order chi connectivity index (χ1) is 14.6. The molecule has 0 unspecified atom stereocenters. The average molecular weight is 490 g/mol. The van der Waals surface area contributed by atoms with Crippen LogP contribution in [-0.4, -0.2) is 51.5 Å². The van der Waals surface area contributed by atoms with Gasteiger partial charge >= 0.3 is 18.2 Å². The molecule has 10 heteroatoms. The van der Waals surface area contributed by atoms with E-state index >= 15 is 0 Å². The van der Waals surface area contributed by atoms with Gasteiger partial charge in [-0.3, -0.25) is 0 Å². The number of imide groups is 1. The number of carboxylic acid groups (broad SMARTS) is 1. The van der Waals surface area contributed by atoms with Gasteiger partial charge in [-0.25, -0.2) is 14.4 Å². The highest BCUT2D eigenvalue weighted by molar-refractivity contribution is 6.35. The lowest BCUT2D eigenvalue weighted by molar-refractivity contribution is -0.148. The van der Waals surface area contributed by atoms with Crippen molar-refractivity contribution in [2.45, 2.75) is 71.5 Å². The van der Waals surface area contributed by atoms with E-state index < -0.39 is 41.5 Å². The van der Waals surface area contributed by atoms with Crippen LogP contribution in [0.5, 0.6) is 0 Å². The Morgan fingerprint density at radius 1 is 1.03 bits per heavy atom. The monoisotopic (exact) mass is 489 g/mol. The van der Waals surface area contributed by atoms with E-state index in [0.717, 1.165) is 6.08 Å². The third kappa shape index (κ3) is 8.33. The Hall–Kier alpha value is -2.29. The number of hydrogen-bond acceptors (Lipinski definition) is 6. The fraction of sp³-hybridized carbons (Fsp3) is 0.500. The highest BCUT2D eigenvalue weighted by atomic mass is 35.5. The van der Waals surface area contributed by atoms with Crippen molar-refractivity contribution in [3.63, 3.8) is 0 Å². The maximum Gasteiger partial charge on any atom is 0.420 e. The summed E-state index contributed by atoms with van der Waals surface area (Å²) in [5.74, 6) is -1.53. The topological polar surface area (TPSA) is 102 Å². The minimum Gasteiger partial charge on any atom is -0.480 e. The quantitative estimate of drug-likeness (QED) is 0.490. The fourth-order valence-electron chi connectivity index (χ4n) is 2.46. The Bertz CT molecular complexity index is 811. The largest absolute Gasteiger partial charge is 0.480 e. The SMILES string of the molecule is C=C[C@H](OCc1c(Cl)cccc1Cl)[C@H](C(=O)O)N(C(=O)OC(C)(C)C)C(=O)OC(C)(C)C. The molecule has 0 aliphatic rings. The third-order valence-electron chi connectivity index (χ3n) is 3.74. The minimum atomic E-state index is -1.83. The molecule has 0 fully saturated rings. The van der Waals surface area contributed by atoms with Gasteiger partial charge in [0, 0.05) is 15.6 Å². The molecular weight excluding hydrogens is 461 g/mol. The van der Waals surface area contributed by atoms with Crippen LogP contribution >= 0.6 is 23.2 Å². The summed E-state index contributed by atoms with van der Waals surface area (Å²) in [7, 11) is 0. The van der Waals surface area contributed by atoms with E-state index in [1.807, 2.05) is 0 Å². The maximum absolute atomic E-state index is 12.8. The van der Waals surface area contributed by atoms with Gasteiger partial charge < -0.3 is 19.3 Å². The Morgan fingerprint density at radius 2 is 1.47 bits per heavy atom. The number of carbonyl (C=O) groups is 3. The summed E-state index contributed by atoms with van der Waals surface area (Å²) in [6.45, 7) is 12.9. The van der Waals surface area contributed by atoms with Crippen molar-refractivity contribution < 1.29 is 33.7 Å². The lowest BCUT2D eigenvalue weighted by Gasteiger charge is -2.34. The van der Waals surface area contributed by atoms with Crippen molar-refractivity contribution in [2.75, 3.05) is 0 Å². The van der Waals surface area contributed by atoms with Crippen molar-refractivity contribution in [3.05, 3.63) is 46.5 Å². The number of rotatable bonds is 7. The summed E-state index contributed by atoms with van der Waals surface area (Å²) in [4.78, 5) is 38.2. The molecule has 1 aromatic rings. The van der Waals surface area contributed by atoms with E-state index in [9.17, 15) is 19.5 Å². The van der Waals surface area contributed by atoms with Crippen LogP contribution in [0.4, 0.5) is 9.59 Å². The van der Waals surface area contributed by atoms with Crippen molar-refractivity contribution in [3.8, 4) is 0 Å². The van der Waals surface area contributed by atoms with Gasteiger partial charge in [0.1, 0.15) is 17.3 Å². The Labute approximate surface area is 198 Å². The predicted molar refractivity (Wildman–Crippen MR) is 121 cm³/mol. The number of carbonyl (C=O) groups excluding carboxylic acids is 2. The first-order valence-corrected chi connectivity index (χ1v) is 10.5. The molecule has 0 spiro atoms. The molecule has 32 heavy (non-hydrogen) atoms. The van der Waals surface area contributed by atoms with Crippen molar-refractivity contribution in [2.24, 2.45) is 0 Å². The second kappa shape index (κ2) is 11.0. The van der Waals surface area contributed by atoms with Gasteiger partial charge in [0.25, 0.3) is 0 Å². The van der Waals surface area contributed by atoms with E-state index in [0.29, 0.717) is 20.5 Å². The molecule has 178 valence electrons. The first-order valence-electron chi connectivity index (χ1n) is 9.72. The van der Waals surface area contributed by atoms with Gasteiger partial charge in [0.2, 0.25) is 0 Å². The van der Waals surface area contributed by atoms with Crippen LogP contribution in [0.3, 0.4) is 0 Å². The van der Waals surface area contributed by atoms with Crippen molar-refractivity contribution in [1.29, 1.82) is 0 Å². The molecular formula is C22H29Cl2NO7. The van der Waals surface area contributed by atoms with E-state index in [1.165, 1.54) is 0 Å². The number of carboxylic acids is 1. The van der Waals surface area contributed by atoms with Crippen LogP contribution in [0, 0.1) is 0 Å². The number of hydrogen-bond donors (Lipinski definition) is 1. The van der Waals surface area contributed by atoms with E-state index in [2.05, 4.69) is 6.58 Å². The van der Waals surface area contributed by atoms with Gasteiger partial charge in [-0.1, -0.05) is 35.3 Å². The van der Waals surface area contributed by atoms with Gasteiger partial charge in [0.05, 0.1) is 6.61 Å². The second-order valence-corrected chi connectivity index (χ2v) is 9.64. The van der Waals surface area contributed by atoms with Crippen molar-refractivity contribution in [1.82, 2.24) is 4.90 Å². The standard InChI is InChI=1S/C22H29Cl2NO7/c1-8-16(30-12-13-14(23)10-9-11-15(13)24)17(18(26)27)25(19(28)31-21(2,3)4)20(29)32-22(5,6)7/h8-11,16-17H,1,12H2,2-7H3,(H,26,27)/t16-,17+/m0/s1. The molecule has 0 radical (unpaired) electrons. The molecule has 0 aromatic heterocycles. The molecule has 1 aromatic carbocycles. The number of nitrogens with zero attached hydrogens (tertiary/aromatic N) is 1. The zero-order chi connectivity index (χ0) is 24.9. The Morgan fingerprint density at radius 3 is 1.81 bits per heavy atom. The van der Waals surface area contributed by atoms with Crippen LogP contribution in [0.1, 0.15) is 47.1 Å². The number of amides is 2. The molecule has 2 atom stereocenters. The molecule has 8 nitrogen and oxygen atoms in total. The zero-order valence-electron chi connectivity index (χ0n) is 19.0. The summed E-state index contributed by atoms with van der Waals surface area (Å²) in [6.07, 6.45) is -2.58. The van der Waals surface area contributed by atoms with Crippen LogP contribution in [-0.2, 0) is 25.6 Å². The van der Waals surface area contributed by atoms with Gasteiger partial charge in [0.15, 0.2) is 6.04 Å². The van der Waals surface area contributed by atoms with Crippen LogP contribution in [0.25, 0.3) is 0 Å². The molecule has 0 aliphatic carbocycles. The summed E-state index contributed by atoms with van der Waals surface area (Å²) >= 11 is 12.3. The number of aliphatic carboxylic acids is 1. The van der Waals surface area contributed by atoms with Gasteiger partial charge in [-0.15, -0.1) is 6.58 Å². The van der Waals surface area contributed by atoms with Crippen LogP contribution in [0.15, 0.2) is 30.9 Å². The summed E-state index contributed by atoms with van der Waals surface area (Å²) in [6, 6.07) is 3.00. The predicted octanol–water partition coefficient (Wildman–Crippen LogP) is 5.69. The number of benzene rings is 1. The number of ether oxygens (including phenoxy) is 3. The lowest BCUT2D eigenvalue weighted by Crippen LogP contribution is -2.56.